The van der Waals surface area contributed by atoms with Gasteiger partial charge in [0.25, 0.3) is 5.91 Å². The van der Waals surface area contributed by atoms with Crippen LogP contribution < -0.4 is 0 Å². The fourth-order valence-electron chi connectivity index (χ4n) is 2.74. The van der Waals surface area contributed by atoms with Crippen molar-refractivity contribution in [3.63, 3.8) is 0 Å². The van der Waals surface area contributed by atoms with Gasteiger partial charge in [-0.2, -0.15) is 0 Å². The van der Waals surface area contributed by atoms with E-state index >= 15 is 0 Å². The van der Waals surface area contributed by atoms with Crippen molar-refractivity contribution < 1.29 is 9.59 Å². The fourth-order valence-corrected chi connectivity index (χ4v) is 2.90. The van der Waals surface area contributed by atoms with Gasteiger partial charge in [-0.25, -0.2) is 4.98 Å². The zero-order valence-corrected chi connectivity index (χ0v) is 11.1. The molecule has 2 amide bonds. The lowest BCUT2D eigenvalue weighted by Crippen LogP contribution is -2.53. The number of aromatic nitrogens is 1. The Bertz CT molecular complexity index is 534. The van der Waals surface area contributed by atoms with Crippen LogP contribution in [0.1, 0.15) is 23.3 Å². The molecule has 0 aromatic carbocycles. The molecule has 1 aromatic rings. The molecule has 3 heterocycles. The Morgan fingerprint density at radius 2 is 2.21 bits per heavy atom. The molecule has 100 valence electrons. The summed E-state index contributed by atoms with van der Waals surface area (Å²) in [6, 6.07) is 5.20. The number of rotatable bonds is 1. The zero-order chi connectivity index (χ0) is 13.4. The largest absolute Gasteiger partial charge is 0.336 e. The Kier molecular flexibility index (Phi) is 3.14. The van der Waals surface area contributed by atoms with Crippen LogP contribution in [0.25, 0.3) is 0 Å². The van der Waals surface area contributed by atoms with E-state index in [0.29, 0.717) is 36.9 Å². The minimum Gasteiger partial charge on any atom is -0.336 e. The number of hydrogen-bond acceptors (Lipinski definition) is 3. The average molecular weight is 280 g/mol. The second kappa shape index (κ2) is 4.81. The van der Waals surface area contributed by atoms with Gasteiger partial charge in [-0.05, 0) is 18.6 Å². The molecule has 19 heavy (non-hydrogen) atoms. The monoisotopic (exact) mass is 279 g/mol. The summed E-state index contributed by atoms with van der Waals surface area (Å²) in [4.78, 5) is 31.6. The summed E-state index contributed by atoms with van der Waals surface area (Å²) in [6.45, 7) is 1.78. The predicted octanol–water partition coefficient (Wildman–Crippen LogP) is 1.18. The van der Waals surface area contributed by atoms with E-state index < -0.39 is 0 Å². The lowest BCUT2D eigenvalue weighted by molar-refractivity contribution is -0.130. The highest BCUT2D eigenvalue weighted by atomic mass is 35.5. The Balaban J connectivity index is 1.74. The second-order valence-corrected chi connectivity index (χ2v) is 5.26. The van der Waals surface area contributed by atoms with Crippen molar-refractivity contribution in [3.05, 3.63) is 29.0 Å². The number of carbonyl (C=O) groups is 2. The van der Waals surface area contributed by atoms with E-state index in [1.165, 1.54) is 0 Å². The van der Waals surface area contributed by atoms with E-state index in [1.807, 2.05) is 4.90 Å². The molecule has 0 bridgehead atoms. The molecule has 5 nitrogen and oxygen atoms in total. The van der Waals surface area contributed by atoms with E-state index in [9.17, 15) is 9.59 Å². The molecule has 0 spiro atoms. The number of amides is 2. The van der Waals surface area contributed by atoms with Gasteiger partial charge in [0.2, 0.25) is 5.91 Å². The van der Waals surface area contributed by atoms with E-state index in [-0.39, 0.29) is 17.9 Å². The van der Waals surface area contributed by atoms with E-state index in [2.05, 4.69) is 4.98 Å². The number of piperazine rings is 1. The Morgan fingerprint density at radius 1 is 1.37 bits per heavy atom. The molecule has 1 aromatic heterocycles. The summed E-state index contributed by atoms with van der Waals surface area (Å²) in [7, 11) is 0. The van der Waals surface area contributed by atoms with Gasteiger partial charge >= 0.3 is 0 Å². The molecule has 0 N–H and O–H groups in total. The summed E-state index contributed by atoms with van der Waals surface area (Å²) in [6.07, 6.45) is 1.44. The van der Waals surface area contributed by atoms with Crippen LogP contribution in [-0.4, -0.2) is 52.3 Å². The van der Waals surface area contributed by atoms with Crippen molar-refractivity contribution in [2.75, 3.05) is 19.6 Å². The molecule has 6 heteroatoms. The molecular weight excluding hydrogens is 266 g/mol. The Labute approximate surface area is 116 Å². The van der Waals surface area contributed by atoms with Crippen LogP contribution in [0.15, 0.2) is 18.2 Å². The van der Waals surface area contributed by atoms with Gasteiger partial charge in [0.1, 0.15) is 10.8 Å². The minimum atomic E-state index is -0.110. The highest BCUT2D eigenvalue weighted by molar-refractivity contribution is 6.29. The van der Waals surface area contributed by atoms with Crippen molar-refractivity contribution >= 4 is 23.4 Å². The standard InChI is InChI=1S/C13H14ClN3O2/c14-11-3-1-2-10(15-11)13(19)16-6-7-17-9(8-16)4-5-12(17)18/h1-3,9H,4-8H2. The number of halogens is 1. The zero-order valence-electron chi connectivity index (χ0n) is 10.4. The van der Waals surface area contributed by atoms with Gasteiger partial charge in [-0.3, -0.25) is 9.59 Å². The summed E-state index contributed by atoms with van der Waals surface area (Å²) in [5.74, 6) is 0.0967. The summed E-state index contributed by atoms with van der Waals surface area (Å²) in [5.41, 5.74) is 0.366. The number of pyridine rings is 1. The number of nitrogens with zero attached hydrogens (tertiary/aromatic N) is 3. The van der Waals surface area contributed by atoms with Crippen molar-refractivity contribution in [1.29, 1.82) is 0 Å². The second-order valence-electron chi connectivity index (χ2n) is 4.88. The predicted molar refractivity (Wildman–Crippen MR) is 69.9 cm³/mol. The van der Waals surface area contributed by atoms with Crippen LogP contribution in [0.4, 0.5) is 0 Å². The van der Waals surface area contributed by atoms with Gasteiger partial charge in [0.05, 0.1) is 0 Å². The number of carbonyl (C=O) groups excluding carboxylic acids is 2. The van der Waals surface area contributed by atoms with Gasteiger partial charge in [0.15, 0.2) is 0 Å². The van der Waals surface area contributed by atoms with E-state index in [0.717, 1.165) is 6.42 Å². The molecule has 3 rings (SSSR count). The minimum absolute atomic E-state index is 0.110. The summed E-state index contributed by atoms with van der Waals surface area (Å²) >= 11 is 5.80. The SMILES string of the molecule is O=C(c1cccc(Cl)n1)N1CCN2C(=O)CCC2C1. The lowest BCUT2D eigenvalue weighted by Gasteiger charge is -2.37. The third-order valence-corrected chi connectivity index (χ3v) is 3.93. The van der Waals surface area contributed by atoms with Crippen LogP contribution in [0.3, 0.4) is 0 Å². The van der Waals surface area contributed by atoms with Gasteiger partial charge in [0, 0.05) is 32.1 Å². The summed E-state index contributed by atoms with van der Waals surface area (Å²) < 4.78 is 0. The van der Waals surface area contributed by atoms with E-state index in [1.54, 1.807) is 23.1 Å². The first-order valence-corrected chi connectivity index (χ1v) is 6.74. The average Bonchev–Trinajstić information content (AvgIpc) is 2.79. The molecule has 1 atom stereocenters. The molecule has 0 aliphatic carbocycles. The molecule has 1 unspecified atom stereocenters. The highest BCUT2D eigenvalue weighted by Gasteiger charge is 2.37. The molecule has 0 radical (unpaired) electrons. The molecule has 2 saturated heterocycles. The molecule has 2 aliphatic heterocycles. The third kappa shape index (κ3) is 2.30. The quantitative estimate of drug-likeness (QED) is 0.726. The van der Waals surface area contributed by atoms with Crippen LogP contribution in [0, 0.1) is 0 Å². The third-order valence-electron chi connectivity index (χ3n) is 3.72. The maximum atomic E-state index is 12.3. The van der Waals surface area contributed by atoms with Crippen LogP contribution in [0.5, 0.6) is 0 Å². The molecule has 2 fully saturated rings. The Hall–Kier alpha value is -1.62. The van der Waals surface area contributed by atoms with Crippen LogP contribution in [0.2, 0.25) is 5.15 Å². The first-order valence-electron chi connectivity index (χ1n) is 6.36. The van der Waals surface area contributed by atoms with Crippen molar-refractivity contribution in [2.45, 2.75) is 18.9 Å². The maximum Gasteiger partial charge on any atom is 0.272 e. The lowest BCUT2D eigenvalue weighted by atomic mass is 10.1. The molecule has 0 saturated carbocycles. The first-order chi connectivity index (χ1) is 9.15. The fraction of sp³-hybridized carbons (Fsp3) is 0.462. The molecule has 2 aliphatic rings. The van der Waals surface area contributed by atoms with Gasteiger partial charge in [-0.1, -0.05) is 17.7 Å². The molecular formula is C13H14ClN3O2. The van der Waals surface area contributed by atoms with Gasteiger partial charge < -0.3 is 9.80 Å². The number of hydrogen-bond donors (Lipinski definition) is 0. The van der Waals surface area contributed by atoms with Crippen molar-refractivity contribution in [1.82, 2.24) is 14.8 Å². The normalized spacial score (nSPS) is 22.6. The smallest absolute Gasteiger partial charge is 0.272 e. The van der Waals surface area contributed by atoms with E-state index in [4.69, 9.17) is 11.6 Å². The van der Waals surface area contributed by atoms with Crippen LogP contribution in [-0.2, 0) is 4.79 Å². The number of fused-ring (bicyclic) bond motifs is 1. The highest BCUT2D eigenvalue weighted by Crippen LogP contribution is 2.23. The van der Waals surface area contributed by atoms with Crippen molar-refractivity contribution in [2.24, 2.45) is 0 Å². The Morgan fingerprint density at radius 3 is 3.00 bits per heavy atom. The van der Waals surface area contributed by atoms with Gasteiger partial charge in [-0.15, -0.1) is 0 Å². The van der Waals surface area contributed by atoms with Crippen LogP contribution >= 0.6 is 11.6 Å². The summed E-state index contributed by atoms with van der Waals surface area (Å²) in [5, 5.41) is 0.320. The topological polar surface area (TPSA) is 53.5 Å². The van der Waals surface area contributed by atoms with Crippen molar-refractivity contribution in [3.8, 4) is 0 Å². The first kappa shape index (κ1) is 12.4. The maximum absolute atomic E-state index is 12.3.